The topological polar surface area (TPSA) is 89.5 Å². The molecule has 0 saturated carbocycles. The normalized spacial score (nSPS) is 14.1. The van der Waals surface area contributed by atoms with Crippen molar-refractivity contribution in [3.8, 4) is 0 Å². The number of alkyl halides is 3. The van der Waals surface area contributed by atoms with Gasteiger partial charge in [-0.3, -0.25) is 14.0 Å². The highest BCUT2D eigenvalue weighted by atomic mass is 32.1. The van der Waals surface area contributed by atoms with Crippen molar-refractivity contribution in [2.45, 2.75) is 38.8 Å². The van der Waals surface area contributed by atoms with Crippen molar-refractivity contribution >= 4 is 33.8 Å². The lowest BCUT2D eigenvalue weighted by molar-refractivity contribution is -0.137. The van der Waals surface area contributed by atoms with Crippen LogP contribution < -0.4 is 11.1 Å². The fourth-order valence-corrected chi connectivity index (χ4v) is 4.97. The SMILES string of the molecule is Cc1nc2ccc(C(F)(F)F)cn2c1C(=O)Nc1sc2c(c1C(N)=O)CCCC2. The molecule has 3 heterocycles. The highest BCUT2D eigenvalue weighted by Gasteiger charge is 2.32. The van der Waals surface area contributed by atoms with Crippen LogP contribution in [0.2, 0.25) is 0 Å². The largest absolute Gasteiger partial charge is 0.417 e. The first-order valence-corrected chi connectivity index (χ1v) is 9.80. The van der Waals surface area contributed by atoms with Crippen LogP contribution in [0.1, 0.15) is 55.4 Å². The summed E-state index contributed by atoms with van der Waals surface area (Å²) in [5.74, 6) is -1.27. The number of aromatic nitrogens is 2. The molecule has 3 N–H and O–H groups in total. The van der Waals surface area contributed by atoms with Gasteiger partial charge in [0.2, 0.25) is 0 Å². The Morgan fingerprint density at radius 3 is 2.66 bits per heavy atom. The molecule has 2 amide bonds. The van der Waals surface area contributed by atoms with E-state index in [1.165, 1.54) is 17.4 Å². The monoisotopic (exact) mass is 422 g/mol. The number of pyridine rings is 1. The van der Waals surface area contributed by atoms with Crippen LogP contribution in [0.25, 0.3) is 5.65 Å². The molecule has 0 aromatic carbocycles. The number of rotatable bonds is 3. The summed E-state index contributed by atoms with van der Waals surface area (Å²) >= 11 is 1.29. The zero-order chi connectivity index (χ0) is 20.9. The van der Waals surface area contributed by atoms with Gasteiger partial charge in [0, 0.05) is 11.1 Å². The van der Waals surface area contributed by atoms with Gasteiger partial charge in [-0.15, -0.1) is 11.3 Å². The van der Waals surface area contributed by atoms with Crippen LogP contribution in [0, 0.1) is 6.92 Å². The van der Waals surface area contributed by atoms with Gasteiger partial charge in [-0.1, -0.05) is 0 Å². The van der Waals surface area contributed by atoms with Gasteiger partial charge in [-0.25, -0.2) is 4.98 Å². The van der Waals surface area contributed by atoms with E-state index in [0.717, 1.165) is 46.4 Å². The van der Waals surface area contributed by atoms with Gasteiger partial charge >= 0.3 is 6.18 Å². The second kappa shape index (κ2) is 6.87. The predicted molar refractivity (Wildman–Crippen MR) is 102 cm³/mol. The number of nitrogens with zero attached hydrogens (tertiary/aromatic N) is 2. The van der Waals surface area contributed by atoms with E-state index in [1.807, 2.05) is 0 Å². The second-order valence-corrected chi connectivity index (χ2v) is 8.03. The molecule has 4 rings (SSSR count). The van der Waals surface area contributed by atoms with E-state index in [9.17, 15) is 22.8 Å². The number of carbonyl (C=O) groups is 2. The Labute approximate surface area is 167 Å². The minimum absolute atomic E-state index is 0.0205. The molecule has 1 aliphatic carbocycles. The van der Waals surface area contributed by atoms with Crippen LogP contribution in [0.15, 0.2) is 18.3 Å². The molecule has 0 aliphatic heterocycles. The molecule has 0 saturated heterocycles. The van der Waals surface area contributed by atoms with E-state index in [1.54, 1.807) is 6.92 Å². The molecule has 10 heteroatoms. The summed E-state index contributed by atoms with van der Waals surface area (Å²) < 4.78 is 40.4. The molecule has 29 heavy (non-hydrogen) atoms. The van der Waals surface area contributed by atoms with Crippen molar-refractivity contribution in [2.24, 2.45) is 5.73 Å². The number of amides is 2. The van der Waals surface area contributed by atoms with Crippen LogP contribution in [0.4, 0.5) is 18.2 Å². The van der Waals surface area contributed by atoms with Crippen molar-refractivity contribution in [2.75, 3.05) is 5.32 Å². The smallest absolute Gasteiger partial charge is 0.365 e. The molecule has 0 spiro atoms. The zero-order valence-electron chi connectivity index (χ0n) is 15.4. The number of hydrogen-bond acceptors (Lipinski definition) is 4. The molecule has 0 unspecified atom stereocenters. The summed E-state index contributed by atoms with van der Waals surface area (Å²) in [5.41, 5.74) is 6.29. The number of nitrogens with two attached hydrogens (primary N) is 1. The number of carbonyl (C=O) groups excluding carboxylic acids is 2. The van der Waals surface area contributed by atoms with Gasteiger partial charge in [0.1, 0.15) is 16.3 Å². The van der Waals surface area contributed by atoms with Gasteiger partial charge in [0.05, 0.1) is 16.8 Å². The summed E-state index contributed by atoms with van der Waals surface area (Å²) in [6.45, 7) is 1.55. The Morgan fingerprint density at radius 2 is 1.97 bits per heavy atom. The number of nitrogens with one attached hydrogen (secondary N) is 1. The number of primary amides is 1. The van der Waals surface area contributed by atoms with E-state index < -0.39 is 23.6 Å². The van der Waals surface area contributed by atoms with E-state index >= 15 is 0 Å². The Balaban J connectivity index is 1.76. The first-order valence-electron chi connectivity index (χ1n) is 8.98. The Hall–Kier alpha value is -2.88. The fraction of sp³-hybridized carbons (Fsp3) is 0.316. The Kier molecular flexibility index (Phi) is 4.60. The molecule has 0 atom stereocenters. The van der Waals surface area contributed by atoms with E-state index in [2.05, 4.69) is 10.3 Å². The molecule has 0 radical (unpaired) electrons. The molecule has 3 aromatic heterocycles. The van der Waals surface area contributed by atoms with Gasteiger partial charge in [0.15, 0.2) is 0 Å². The third-order valence-electron chi connectivity index (χ3n) is 4.98. The fourth-order valence-electron chi connectivity index (χ4n) is 3.68. The molecule has 6 nitrogen and oxygen atoms in total. The summed E-state index contributed by atoms with van der Waals surface area (Å²) in [5, 5.41) is 3.01. The maximum Gasteiger partial charge on any atom is 0.417 e. The van der Waals surface area contributed by atoms with Crippen molar-refractivity contribution < 1.29 is 22.8 Å². The number of thiophene rings is 1. The van der Waals surface area contributed by atoms with Crippen molar-refractivity contribution in [1.82, 2.24) is 9.38 Å². The highest BCUT2D eigenvalue weighted by Crippen LogP contribution is 2.38. The Bertz CT molecular complexity index is 1150. The lowest BCUT2D eigenvalue weighted by Gasteiger charge is -2.11. The number of aryl methyl sites for hydroxylation is 2. The van der Waals surface area contributed by atoms with Crippen LogP contribution >= 0.6 is 11.3 Å². The lowest BCUT2D eigenvalue weighted by Crippen LogP contribution is -2.20. The molecule has 0 bridgehead atoms. The number of imidazole rings is 1. The standard InChI is InChI=1S/C19H17F3N4O2S/c1-9-15(26-8-10(19(20,21)22)6-7-13(26)24-9)17(28)25-18-14(16(23)27)11-4-2-3-5-12(11)29-18/h6-8H,2-5H2,1H3,(H2,23,27)(H,25,28). The first kappa shape index (κ1) is 19.4. The van der Waals surface area contributed by atoms with Crippen molar-refractivity contribution in [3.63, 3.8) is 0 Å². The zero-order valence-corrected chi connectivity index (χ0v) is 16.2. The van der Waals surface area contributed by atoms with Gasteiger partial charge in [-0.05, 0) is 50.3 Å². The third kappa shape index (κ3) is 3.37. The Morgan fingerprint density at radius 1 is 1.24 bits per heavy atom. The molecule has 152 valence electrons. The molecular formula is C19H17F3N4O2S. The predicted octanol–water partition coefficient (Wildman–Crippen LogP) is 3.95. The average molecular weight is 422 g/mol. The first-order chi connectivity index (χ1) is 13.7. The maximum absolute atomic E-state index is 13.1. The molecule has 3 aromatic rings. The second-order valence-electron chi connectivity index (χ2n) is 6.92. The summed E-state index contributed by atoms with van der Waals surface area (Å²) in [7, 11) is 0. The summed E-state index contributed by atoms with van der Waals surface area (Å²) in [6.07, 6.45) is -0.260. The van der Waals surface area contributed by atoms with Gasteiger partial charge < -0.3 is 11.1 Å². The van der Waals surface area contributed by atoms with Crippen LogP contribution in [-0.4, -0.2) is 21.2 Å². The molecule has 0 fully saturated rings. The van der Waals surface area contributed by atoms with Crippen LogP contribution in [-0.2, 0) is 19.0 Å². The van der Waals surface area contributed by atoms with E-state index in [-0.39, 0.29) is 17.0 Å². The molecule has 1 aliphatic rings. The number of halogens is 3. The minimum Gasteiger partial charge on any atom is -0.365 e. The number of hydrogen-bond donors (Lipinski definition) is 2. The molecular weight excluding hydrogens is 405 g/mol. The van der Waals surface area contributed by atoms with Crippen LogP contribution in [0.5, 0.6) is 0 Å². The number of fused-ring (bicyclic) bond motifs is 2. The number of anilines is 1. The minimum atomic E-state index is -4.55. The van der Waals surface area contributed by atoms with Gasteiger partial charge in [0.25, 0.3) is 11.8 Å². The maximum atomic E-state index is 13.1. The lowest BCUT2D eigenvalue weighted by atomic mass is 9.95. The van der Waals surface area contributed by atoms with Crippen molar-refractivity contribution in [3.05, 3.63) is 51.3 Å². The third-order valence-corrected chi connectivity index (χ3v) is 6.19. The highest BCUT2D eigenvalue weighted by molar-refractivity contribution is 7.17. The van der Waals surface area contributed by atoms with E-state index in [0.29, 0.717) is 17.0 Å². The average Bonchev–Trinajstić information content (AvgIpc) is 3.16. The quantitative estimate of drug-likeness (QED) is 0.670. The summed E-state index contributed by atoms with van der Waals surface area (Å²) in [4.78, 5) is 30.1. The van der Waals surface area contributed by atoms with Crippen LogP contribution in [0.3, 0.4) is 0 Å². The van der Waals surface area contributed by atoms with Crippen molar-refractivity contribution in [1.29, 1.82) is 0 Å². The van der Waals surface area contributed by atoms with E-state index in [4.69, 9.17) is 5.73 Å². The summed E-state index contributed by atoms with van der Waals surface area (Å²) in [6, 6.07) is 2.13. The van der Waals surface area contributed by atoms with Gasteiger partial charge in [-0.2, -0.15) is 13.2 Å².